The van der Waals surface area contributed by atoms with Crippen LogP contribution in [0.4, 0.5) is 0 Å². The van der Waals surface area contributed by atoms with Crippen molar-refractivity contribution in [2.45, 2.75) is 91.4 Å². The molecule has 5 nitrogen and oxygen atoms in total. The Hall–Kier alpha value is -1.59. The Kier molecular flexibility index (Phi) is 11.4. The molecule has 28 heavy (non-hydrogen) atoms. The Bertz CT molecular complexity index is 553. The molecular formula is C23H40O5. The first kappa shape index (κ1) is 26.4. The van der Waals surface area contributed by atoms with E-state index < -0.39 is 0 Å². The van der Waals surface area contributed by atoms with Gasteiger partial charge in [-0.15, -0.1) is 0 Å². The van der Waals surface area contributed by atoms with Crippen LogP contribution in [0, 0.1) is 0 Å². The molecule has 0 amide bonds. The SMILES string of the molecule is CCC(=O)Oc1cc(C(C)(C)C)c(O)c(C(C)(C)C)c1.OCCCCCCO. The summed E-state index contributed by atoms with van der Waals surface area (Å²) in [4.78, 5) is 11.5. The molecular weight excluding hydrogens is 356 g/mol. The van der Waals surface area contributed by atoms with Crippen molar-refractivity contribution in [3.8, 4) is 11.5 Å². The van der Waals surface area contributed by atoms with Crippen LogP contribution in [0.2, 0.25) is 0 Å². The van der Waals surface area contributed by atoms with Gasteiger partial charge in [-0.25, -0.2) is 0 Å². The average Bonchev–Trinajstić information content (AvgIpc) is 2.58. The van der Waals surface area contributed by atoms with E-state index in [1.807, 2.05) is 41.5 Å². The van der Waals surface area contributed by atoms with Crippen molar-refractivity contribution >= 4 is 5.97 Å². The van der Waals surface area contributed by atoms with E-state index >= 15 is 0 Å². The number of aliphatic hydroxyl groups is 2. The molecule has 1 aromatic rings. The molecule has 1 rings (SSSR count). The Morgan fingerprint density at radius 2 is 1.25 bits per heavy atom. The molecule has 0 aliphatic heterocycles. The average molecular weight is 397 g/mol. The Balaban J connectivity index is 0.000000769. The zero-order valence-electron chi connectivity index (χ0n) is 18.8. The lowest BCUT2D eigenvalue weighted by Crippen LogP contribution is -2.18. The highest BCUT2D eigenvalue weighted by Crippen LogP contribution is 2.41. The van der Waals surface area contributed by atoms with Crippen molar-refractivity contribution in [2.24, 2.45) is 0 Å². The smallest absolute Gasteiger partial charge is 0.310 e. The first-order valence-corrected chi connectivity index (χ1v) is 10.2. The van der Waals surface area contributed by atoms with Crippen LogP contribution < -0.4 is 4.74 Å². The first-order chi connectivity index (χ1) is 12.9. The molecule has 162 valence electrons. The molecule has 0 bridgehead atoms. The number of carbonyl (C=O) groups is 1. The van der Waals surface area contributed by atoms with Gasteiger partial charge in [-0.05, 0) is 35.8 Å². The summed E-state index contributed by atoms with van der Waals surface area (Å²) in [5.41, 5.74) is 1.14. The van der Waals surface area contributed by atoms with Gasteiger partial charge >= 0.3 is 5.97 Å². The highest BCUT2D eigenvalue weighted by atomic mass is 16.5. The third-order valence-corrected chi connectivity index (χ3v) is 4.29. The minimum absolute atomic E-state index is 0.223. The molecule has 0 spiro atoms. The summed E-state index contributed by atoms with van der Waals surface area (Å²) in [6.45, 7) is 14.5. The lowest BCUT2D eigenvalue weighted by atomic mass is 9.79. The van der Waals surface area contributed by atoms with Crippen molar-refractivity contribution < 1.29 is 24.9 Å². The number of esters is 1. The minimum atomic E-state index is -0.268. The quantitative estimate of drug-likeness (QED) is 0.349. The number of phenols is 1. The number of ether oxygens (including phenoxy) is 1. The number of aliphatic hydroxyl groups excluding tert-OH is 2. The van der Waals surface area contributed by atoms with Gasteiger partial charge < -0.3 is 20.1 Å². The van der Waals surface area contributed by atoms with Crippen LogP contribution in [0.15, 0.2) is 12.1 Å². The highest BCUT2D eigenvalue weighted by Gasteiger charge is 2.27. The molecule has 0 aliphatic rings. The zero-order valence-corrected chi connectivity index (χ0v) is 18.8. The van der Waals surface area contributed by atoms with Gasteiger partial charge in [0.05, 0.1) is 0 Å². The second-order valence-electron chi connectivity index (χ2n) is 9.06. The largest absolute Gasteiger partial charge is 0.507 e. The van der Waals surface area contributed by atoms with Crippen LogP contribution in [0.1, 0.15) is 91.7 Å². The molecule has 5 heteroatoms. The lowest BCUT2D eigenvalue weighted by Gasteiger charge is -2.27. The van der Waals surface area contributed by atoms with Crippen molar-refractivity contribution in [3.63, 3.8) is 0 Å². The molecule has 0 fully saturated rings. The molecule has 0 saturated carbocycles. The predicted octanol–water partition coefficient (Wildman–Crippen LogP) is 4.83. The summed E-state index contributed by atoms with van der Waals surface area (Å²) in [6, 6.07) is 3.52. The molecule has 0 aliphatic carbocycles. The number of rotatable bonds is 7. The third kappa shape index (κ3) is 9.56. The summed E-state index contributed by atoms with van der Waals surface area (Å²) in [5.74, 6) is 0.529. The minimum Gasteiger partial charge on any atom is -0.507 e. The van der Waals surface area contributed by atoms with Crippen molar-refractivity contribution in [1.82, 2.24) is 0 Å². The van der Waals surface area contributed by atoms with Crippen LogP contribution in [0.25, 0.3) is 0 Å². The second-order valence-corrected chi connectivity index (χ2v) is 9.06. The van der Waals surface area contributed by atoms with E-state index in [1.165, 1.54) is 0 Å². The number of hydrogen-bond donors (Lipinski definition) is 3. The Morgan fingerprint density at radius 3 is 1.54 bits per heavy atom. The van der Waals surface area contributed by atoms with Crippen molar-refractivity contribution in [1.29, 1.82) is 0 Å². The van der Waals surface area contributed by atoms with E-state index in [0.717, 1.165) is 36.8 Å². The topological polar surface area (TPSA) is 87.0 Å². The molecule has 0 atom stereocenters. The summed E-state index contributed by atoms with van der Waals surface area (Å²) < 4.78 is 5.34. The Morgan fingerprint density at radius 1 is 0.857 bits per heavy atom. The van der Waals surface area contributed by atoms with Crippen molar-refractivity contribution in [3.05, 3.63) is 23.3 Å². The van der Waals surface area contributed by atoms with E-state index in [0.29, 0.717) is 17.9 Å². The van der Waals surface area contributed by atoms with E-state index in [-0.39, 0.29) is 30.0 Å². The third-order valence-electron chi connectivity index (χ3n) is 4.29. The maximum Gasteiger partial charge on any atom is 0.310 e. The predicted molar refractivity (Wildman–Crippen MR) is 114 cm³/mol. The van der Waals surface area contributed by atoms with Crippen LogP contribution in [0.5, 0.6) is 11.5 Å². The van der Waals surface area contributed by atoms with Crippen LogP contribution in [-0.2, 0) is 15.6 Å². The van der Waals surface area contributed by atoms with Gasteiger partial charge in [-0.1, -0.05) is 61.3 Å². The lowest BCUT2D eigenvalue weighted by molar-refractivity contribution is -0.134. The molecule has 3 N–H and O–H groups in total. The number of unbranched alkanes of at least 4 members (excludes halogenated alkanes) is 3. The molecule has 1 aromatic carbocycles. The standard InChI is InChI=1S/C17H26O3.C6H14O2/c1-8-14(18)20-11-9-12(16(2,3)4)15(19)13(10-11)17(5,6)7;7-5-3-1-2-4-6-8/h9-10,19H,8H2,1-7H3;7-8H,1-6H2. The van der Waals surface area contributed by atoms with E-state index in [9.17, 15) is 9.90 Å². The fourth-order valence-electron chi connectivity index (χ4n) is 2.59. The number of carbonyl (C=O) groups excluding carboxylic acids is 1. The summed E-state index contributed by atoms with van der Waals surface area (Å²) >= 11 is 0. The molecule has 0 radical (unpaired) electrons. The molecule has 0 saturated heterocycles. The second kappa shape index (κ2) is 12.1. The summed E-state index contributed by atoms with van der Waals surface area (Å²) in [5, 5.41) is 27.1. The molecule has 0 unspecified atom stereocenters. The number of aromatic hydroxyl groups is 1. The fraction of sp³-hybridized carbons (Fsp3) is 0.696. The van der Waals surface area contributed by atoms with Gasteiger partial charge in [0.15, 0.2) is 0 Å². The van der Waals surface area contributed by atoms with Gasteiger partial charge in [0.1, 0.15) is 11.5 Å². The molecule has 0 aromatic heterocycles. The number of benzene rings is 1. The maximum atomic E-state index is 11.5. The first-order valence-electron chi connectivity index (χ1n) is 10.2. The maximum absolute atomic E-state index is 11.5. The Labute approximate surface area is 170 Å². The number of phenolic OH excluding ortho intramolecular Hbond substituents is 1. The van der Waals surface area contributed by atoms with E-state index in [2.05, 4.69) is 0 Å². The van der Waals surface area contributed by atoms with Crippen molar-refractivity contribution in [2.75, 3.05) is 13.2 Å². The fourth-order valence-corrected chi connectivity index (χ4v) is 2.59. The van der Waals surface area contributed by atoms with Gasteiger partial charge in [0.25, 0.3) is 0 Å². The van der Waals surface area contributed by atoms with Gasteiger partial charge in [0.2, 0.25) is 0 Å². The zero-order chi connectivity index (χ0) is 22.0. The van der Waals surface area contributed by atoms with Crippen LogP contribution in [0.3, 0.4) is 0 Å². The monoisotopic (exact) mass is 396 g/mol. The van der Waals surface area contributed by atoms with Crippen LogP contribution >= 0.6 is 0 Å². The normalized spacial score (nSPS) is 11.6. The van der Waals surface area contributed by atoms with Gasteiger partial charge in [-0.3, -0.25) is 4.79 Å². The van der Waals surface area contributed by atoms with Gasteiger partial charge in [0, 0.05) is 30.8 Å². The number of hydrogen-bond acceptors (Lipinski definition) is 5. The van der Waals surface area contributed by atoms with Crippen LogP contribution in [-0.4, -0.2) is 34.5 Å². The van der Waals surface area contributed by atoms with Gasteiger partial charge in [-0.2, -0.15) is 0 Å². The summed E-state index contributed by atoms with van der Waals surface area (Å²) in [7, 11) is 0. The van der Waals surface area contributed by atoms with E-state index in [4.69, 9.17) is 14.9 Å². The highest BCUT2D eigenvalue weighted by molar-refractivity contribution is 5.72. The summed E-state index contributed by atoms with van der Waals surface area (Å²) in [6.07, 6.45) is 4.16. The molecule has 0 heterocycles. The van der Waals surface area contributed by atoms with E-state index in [1.54, 1.807) is 19.1 Å².